The van der Waals surface area contributed by atoms with E-state index in [9.17, 15) is 24.1 Å². The van der Waals surface area contributed by atoms with Crippen LogP contribution in [0.2, 0.25) is 5.02 Å². The molecule has 522 valence electrons. The molecule has 18 rings (SSSR count). The molecular weight excluding hydrogens is 1330 g/mol. The van der Waals surface area contributed by atoms with Gasteiger partial charge >= 0.3 is 0 Å². The summed E-state index contributed by atoms with van der Waals surface area (Å²) in [5, 5.41) is 41.2. The van der Waals surface area contributed by atoms with Crippen molar-refractivity contribution in [2.45, 2.75) is 93.7 Å². The van der Waals surface area contributed by atoms with Crippen LogP contribution in [0.4, 0.5) is 26.6 Å². The number of rotatable bonds is 18. The summed E-state index contributed by atoms with van der Waals surface area (Å²) in [6.07, 6.45) is 19.6. The maximum atomic E-state index is 14.0. The molecule has 3 aromatic heterocycles. The van der Waals surface area contributed by atoms with Crippen molar-refractivity contribution < 1.29 is 24.1 Å². The van der Waals surface area contributed by atoms with Crippen LogP contribution in [0.3, 0.4) is 0 Å². The van der Waals surface area contributed by atoms with Crippen molar-refractivity contribution >= 4 is 46.2 Å². The molecule has 0 fully saturated rings. The highest BCUT2D eigenvalue weighted by Crippen LogP contribution is 2.47. The number of allylic oxidation sites excluding steroid dienone is 3. The topological polar surface area (TPSA) is 174 Å². The van der Waals surface area contributed by atoms with E-state index in [-0.39, 0.29) is 49.8 Å². The average molecular weight is 1410 g/mol. The van der Waals surface area contributed by atoms with Gasteiger partial charge in [0.05, 0.1) is 55.0 Å². The van der Waals surface area contributed by atoms with Crippen LogP contribution in [0.1, 0.15) is 120 Å². The summed E-state index contributed by atoms with van der Waals surface area (Å²) in [4.78, 5) is 28.5. The molecule has 0 spiro atoms. The third-order valence-corrected chi connectivity index (χ3v) is 21.7. The SMILES string of the molecule is OCC(CC1=CCc2ccccc21)Nc1ncc2c(n1)-c1ccccc1C(c1ccc(F)c(F)c1)C2.OCC(CC1=CCc2ccccc21)Nc1ncc2c(n1)-c1ccccc1C(c1ccccc1)C2.OCC(CC1=CCc2ccccc21)Nc1ncc2c(n1)-c1ccccc1C(c1ccccc1Cl)C2. The lowest BCUT2D eigenvalue weighted by molar-refractivity contribution is 0.275. The Balaban J connectivity index is 0.000000121. The van der Waals surface area contributed by atoms with Gasteiger partial charge in [0.25, 0.3) is 0 Å². The van der Waals surface area contributed by atoms with E-state index in [1.165, 1.54) is 78.9 Å². The minimum Gasteiger partial charge on any atom is -0.394 e. The Hall–Kier alpha value is -11.1. The summed E-state index contributed by atoms with van der Waals surface area (Å²) in [7, 11) is 0. The van der Waals surface area contributed by atoms with Crippen molar-refractivity contribution in [3.05, 3.63) is 355 Å². The smallest absolute Gasteiger partial charge is 0.223 e. The van der Waals surface area contributed by atoms with Crippen LogP contribution in [0.5, 0.6) is 0 Å². The van der Waals surface area contributed by atoms with E-state index in [1.54, 1.807) is 12.3 Å². The zero-order chi connectivity index (χ0) is 71.3. The molecule has 6 aliphatic rings. The van der Waals surface area contributed by atoms with Gasteiger partial charge in [0.15, 0.2) is 11.6 Å². The number of nitrogens with one attached hydrogen (secondary N) is 3. The first kappa shape index (κ1) is 68.3. The Labute approximate surface area is 615 Å². The van der Waals surface area contributed by atoms with Gasteiger partial charge in [-0.2, -0.15) is 0 Å². The first-order chi connectivity index (χ1) is 51.6. The predicted octanol–water partition coefficient (Wildman–Crippen LogP) is 17.8. The fraction of sp³-hybridized carbons (Fsp3) is 0.200. The largest absolute Gasteiger partial charge is 0.394 e. The molecule has 6 N–H and O–H groups in total. The molecule has 6 aliphatic carbocycles. The molecule has 0 saturated heterocycles. The van der Waals surface area contributed by atoms with Crippen LogP contribution >= 0.6 is 11.6 Å². The van der Waals surface area contributed by atoms with Crippen molar-refractivity contribution in [3.63, 3.8) is 0 Å². The van der Waals surface area contributed by atoms with Crippen LogP contribution in [0.15, 0.2) is 255 Å². The van der Waals surface area contributed by atoms with E-state index in [0.717, 1.165) is 117 Å². The van der Waals surface area contributed by atoms with Crippen LogP contribution in [0, 0.1) is 11.6 Å². The van der Waals surface area contributed by atoms with Gasteiger partial charge in [0.2, 0.25) is 17.8 Å². The third kappa shape index (κ3) is 14.4. The van der Waals surface area contributed by atoms with Gasteiger partial charge in [0, 0.05) is 58.1 Å². The maximum Gasteiger partial charge on any atom is 0.223 e. The second-order valence-corrected chi connectivity index (χ2v) is 28.2. The van der Waals surface area contributed by atoms with E-state index < -0.39 is 11.6 Å². The number of anilines is 3. The van der Waals surface area contributed by atoms with Gasteiger partial charge in [-0.25, -0.2) is 38.7 Å². The standard InChI is InChI=1S/C30H26ClN3O.C30H25F2N3O.C30H27N3O/c31-28-12-6-5-10-25(28)27-16-21-17-32-30(34-29(21)26-11-4-3-9-24(26)27)33-22(18-35)15-20-14-13-19-7-1-2-8-23(19)20;31-27-12-11-20(15-28(27)32)26-14-21-16-33-30(35-29(21)25-8-4-3-7-24(25)26)34-22(17-36)13-19-10-9-18-5-1-2-6-23(18)19;34-19-24(16-22-15-14-21-10-4-5-11-25(21)22)32-30-31-18-23-17-28(20-8-2-1-3-9-20)26-12-6-7-13-27(26)29(23)33-30/h1-12,14,17,22,27,35H,13,15-16,18H2,(H,32,33,34);1-8,10-12,15-16,22,26,36H,9,13-14,17H2,(H,33,34,35);1-13,15,18,24,28,34H,14,16-17,19H2,(H,31,32,33). The number of halogens is 3. The number of aromatic nitrogens is 6. The number of aliphatic hydroxyl groups is 3. The Morgan fingerprint density at radius 1 is 0.352 bits per heavy atom. The number of benzene rings is 9. The molecule has 12 nitrogen and oxygen atoms in total. The summed E-state index contributed by atoms with van der Waals surface area (Å²) in [6.45, 7) is -0.0213. The average Bonchev–Trinajstić information content (AvgIpc) is 1.50. The lowest BCUT2D eigenvalue weighted by atomic mass is 9.78. The molecule has 6 unspecified atom stereocenters. The Morgan fingerprint density at radius 2 is 0.695 bits per heavy atom. The van der Waals surface area contributed by atoms with Crippen LogP contribution in [-0.2, 0) is 38.5 Å². The van der Waals surface area contributed by atoms with Gasteiger partial charge in [-0.3, -0.25) is 0 Å². The summed E-state index contributed by atoms with van der Waals surface area (Å²) >= 11 is 6.58. The minimum atomic E-state index is -0.849. The van der Waals surface area contributed by atoms with Crippen molar-refractivity contribution in [3.8, 4) is 33.8 Å². The quantitative estimate of drug-likeness (QED) is 0.0481. The van der Waals surface area contributed by atoms with Crippen molar-refractivity contribution in [1.82, 2.24) is 29.9 Å². The number of fused-ring (bicyclic) bond motifs is 12. The lowest BCUT2D eigenvalue weighted by Crippen LogP contribution is -2.26. The zero-order valence-electron chi connectivity index (χ0n) is 57.9. The highest BCUT2D eigenvalue weighted by Gasteiger charge is 2.33. The second-order valence-electron chi connectivity index (χ2n) is 27.8. The van der Waals surface area contributed by atoms with Crippen molar-refractivity contribution in [2.24, 2.45) is 0 Å². The minimum absolute atomic E-state index is 0.00508. The molecule has 15 heteroatoms. The normalized spacial score (nSPS) is 16.6. The molecule has 105 heavy (non-hydrogen) atoms. The number of aliphatic hydroxyl groups excluding tert-OH is 3. The zero-order valence-corrected chi connectivity index (χ0v) is 58.6. The Kier molecular flexibility index (Phi) is 20.0. The molecule has 0 amide bonds. The fourth-order valence-electron chi connectivity index (χ4n) is 16.1. The molecule has 0 bridgehead atoms. The summed E-state index contributed by atoms with van der Waals surface area (Å²) in [5.41, 5.74) is 27.5. The van der Waals surface area contributed by atoms with Crippen molar-refractivity contribution in [2.75, 3.05) is 35.8 Å². The number of hydrogen-bond acceptors (Lipinski definition) is 12. The van der Waals surface area contributed by atoms with E-state index >= 15 is 0 Å². The van der Waals surface area contributed by atoms with Gasteiger partial charge < -0.3 is 31.3 Å². The Bertz CT molecular complexity index is 5320. The number of nitrogens with zero attached hydrogens (tertiary/aromatic N) is 6. The van der Waals surface area contributed by atoms with E-state index in [1.807, 2.05) is 73.1 Å². The van der Waals surface area contributed by atoms with Gasteiger partial charge in [-0.05, 0) is 176 Å². The van der Waals surface area contributed by atoms with Crippen LogP contribution < -0.4 is 16.0 Å². The van der Waals surface area contributed by atoms with Crippen LogP contribution in [-0.4, -0.2) is 83.2 Å². The fourth-order valence-corrected chi connectivity index (χ4v) is 16.4. The van der Waals surface area contributed by atoms with E-state index in [2.05, 4.69) is 189 Å². The Morgan fingerprint density at radius 3 is 1.10 bits per heavy atom. The highest BCUT2D eigenvalue weighted by molar-refractivity contribution is 6.31. The molecule has 3 heterocycles. The monoisotopic (exact) mass is 1410 g/mol. The molecule has 12 aromatic rings. The summed E-state index contributed by atoms with van der Waals surface area (Å²) in [6, 6.07) is 72.5. The third-order valence-electron chi connectivity index (χ3n) is 21.3. The number of hydrogen-bond donors (Lipinski definition) is 6. The van der Waals surface area contributed by atoms with Gasteiger partial charge in [0.1, 0.15) is 0 Å². The first-order valence-electron chi connectivity index (χ1n) is 36.2. The predicted molar refractivity (Wildman–Crippen MR) is 415 cm³/mol. The lowest BCUT2D eigenvalue weighted by Gasteiger charge is -2.28. The molecule has 6 atom stereocenters. The van der Waals surface area contributed by atoms with Crippen LogP contribution in [0.25, 0.3) is 50.5 Å². The van der Waals surface area contributed by atoms with Gasteiger partial charge in [-0.1, -0.05) is 230 Å². The summed E-state index contributed by atoms with van der Waals surface area (Å²) < 4.78 is 27.6. The highest BCUT2D eigenvalue weighted by atomic mass is 35.5. The molecule has 0 saturated carbocycles. The molecule has 0 aliphatic heterocycles. The van der Waals surface area contributed by atoms with Crippen molar-refractivity contribution in [1.29, 1.82) is 0 Å². The van der Waals surface area contributed by atoms with E-state index in [0.29, 0.717) is 36.6 Å². The molecule has 0 radical (unpaired) electrons. The molecule has 9 aromatic carbocycles. The van der Waals surface area contributed by atoms with Gasteiger partial charge in [-0.15, -0.1) is 0 Å². The first-order valence-corrected chi connectivity index (χ1v) is 36.5. The molecular formula is C90H78ClF2N9O3. The summed E-state index contributed by atoms with van der Waals surface area (Å²) in [5.74, 6) is 0.213. The van der Waals surface area contributed by atoms with E-state index in [4.69, 9.17) is 26.6 Å². The maximum absolute atomic E-state index is 14.0. The second kappa shape index (κ2) is 30.7.